The Labute approximate surface area is 98.9 Å². The summed E-state index contributed by atoms with van der Waals surface area (Å²) >= 11 is 0. The second-order valence-electron chi connectivity index (χ2n) is 5.42. The number of hydrogen-bond acceptors (Lipinski definition) is 2. The van der Waals surface area contributed by atoms with Crippen molar-refractivity contribution in [1.82, 2.24) is 10.2 Å². The Morgan fingerprint density at radius 3 is 2.44 bits per heavy atom. The summed E-state index contributed by atoms with van der Waals surface area (Å²) in [4.78, 5) is 13.7. The van der Waals surface area contributed by atoms with E-state index >= 15 is 0 Å². The van der Waals surface area contributed by atoms with Gasteiger partial charge in [0.15, 0.2) is 0 Å². The minimum absolute atomic E-state index is 0.110. The third kappa shape index (κ3) is 5.31. The van der Waals surface area contributed by atoms with Gasteiger partial charge in [-0.1, -0.05) is 6.08 Å². The number of rotatable bonds is 3. The Morgan fingerprint density at radius 2 is 1.88 bits per heavy atom. The van der Waals surface area contributed by atoms with Crippen LogP contribution in [0.2, 0.25) is 0 Å². The molecule has 3 nitrogen and oxygen atoms in total. The van der Waals surface area contributed by atoms with Gasteiger partial charge in [0.05, 0.1) is 0 Å². The van der Waals surface area contributed by atoms with Crippen LogP contribution in [-0.4, -0.2) is 36.0 Å². The number of nitrogens with one attached hydrogen (secondary N) is 1. The molecule has 1 fully saturated rings. The maximum Gasteiger partial charge on any atom is 0.246 e. The summed E-state index contributed by atoms with van der Waals surface area (Å²) in [5, 5.41) is 3.32. The summed E-state index contributed by atoms with van der Waals surface area (Å²) in [7, 11) is 0. The highest BCUT2D eigenvalue weighted by molar-refractivity contribution is 5.87. The molecule has 1 heterocycles. The van der Waals surface area contributed by atoms with E-state index in [-0.39, 0.29) is 11.4 Å². The summed E-state index contributed by atoms with van der Waals surface area (Å²) < 4.78 is 0. The van der Waals surface area contributed by atoms with Crippen LogP contribution < -0.4 is 5.32 Å². The molecule has 1 amide bonds. The molecule has 0 aromatic heterocycles. The number of carbonyl (C=O) groups excluding carboxylic acids is 1. The zero-order chi connectivity index (χ0) is 12.0. The molecule has 1 saturated heterocycles. The van der Waals surface area contributed by atoms with Crippen LogP contribution in [0.4, 0.5) is 0 Å². The lowest BCUT2D eigenvalue weighted by Crippen LogP contribution is -2.36. The first-order valence-corrected chi connectivity index (χ1v) is 6.19. The number of piperidine rings is 1. The van der Waals surface area contributed by atoms with Gasteiger partial charge in [-0.3, -0.25) is 4.79 Å². The molecule has 0 unspecified atom stereocenters. The van der Waals surface area contributed by atoms with E-state index < -0.39 is 0 Å². The van der Waals surface area contributed by atoms with Crippen LogP contribution in [0.15, 0.2) is 12.2 Å². The van der Waals surface area contributed by atoms with Crippen molar-refractivity contribution in [1.29, 1.82) is 0 Å². The normalized spacial score (nSPS) is 18.1. The van der Waals surface area contributed by atoms with Crippen LogP contribution in [-0.2, 0) is 4.79 Å². The topological polar surface area (TPSA) is 32.3 Å². The number of hydrogen-bond donors (Lipinski definition) is 1. The van der Waals surface area contributed by atoms with Gasteiger partial charge in [0.25, 0.3) is 0 Å². The van der Waals surface area contributed by atoms with Gasteiger partial charge in [-0.2, -0.15) is 0 Å². The minimum Gasteiger partial charge on any atom is -0.339 e. The van der Waals surface area contributed by atoms with Gasteiger partial charge in [0.1, 0.15) is 0 Å². The van der Waals surface area contributed by atoms with E-state index in [1.54, 1.807) is 6.08 Å². The molecule has 0 radical (unpaired) electrons. The van der Waals surface area contributed by atoms with Crippen molar-refractivity contribution in [2.45, 2.75) is 45.6 Å². The van der Waals surface area contributed by atoms with Gasteiger partial charge < -0.3 is 10.2 Å². The summed E-state index contributed by atoms with van der Waals surface area (Å²) in [6.45, 7) is 8.96. The summed E-state index contributed by atoms with van der Waals surface area (Å²) in [6.07, 6.45) is 7.19. The molecule has 0 saturated carbocycles. The summed E-state index contributed by atoms with van der Waals surface area (Å²) in [5.74, 6) is 0.162. The van der Waals surface area contributed by atoms with Gasteiger partial charge in [-0.25, -0.2) is 0 Å². The molecule has 92 valence electrons. The maximum absolute atomic E-state index is 11.7. The Morgan fingerprint density at radius 1 is 1.25 bits per heavy atom. The molecule has 1 N–H and O–H groups in total. The Hall–Kier alpha value is -0.830. The first kappa shape index (κ1) is 13.2. The van der Waals surface area contributed by atoms with Gasteiger partial charge >= 0.3 is 0 Å². The zero-order valence-electron chi connectivity index (χ0n) is 10.8. The lowest BCUT2D eigenvalue weighted by atomic mass is 10.1. The second kappa shape index (κ2) is 6.04. The highest BCUT2D eigenvalue weighted by atomic mass is 16.2. The standard InChI is InChI=1S/C13H24N2O/c1-13(2,3)14-9-7-8-12(16)15-10-5-4-6-11-15/h7-8,14H,4-6,9-11H2,1-3H3/b8-7+. The Kier molecular flexibility index (Phi) is 5.00. The molecule has 1 aliphatic heterocycles. The van der Waals surface area contributed by atoms with Crippen LogP contribution in [0.3, 0.4) is 0 Å². The van der Waals surface area contributed by atoms with Crippen molar-refractivity contribution in [3.63, 3.8) is 0 Å². The Balaban J connectivity index is 2.25. The van der Waals surface area contributed by atoms with Crippen LogP contribution in [0.5, 0.6) is 0 Å². The van der Waals surface area contributed by atoms with Crippen LogP contribution in [0, 0.1) is 0 Å². The number of nitrogens with zero attached hydrogens (tertiary/aromatic N) is 1. The molecule has 1 rings (SSSR count). The SMILES string of the molecule is CC(C)(C)NC/C=C/C(=O)N1CCCCC1. The van der Waals surface area contributed by atoms with E-state index in [2.05, 4.69) is 26.1 Å². The fourth-order valence-corrected chi connectivity index (χ4v) is 1.74. The minimum atomic E-state index is 0.110. The van der Waals surface area contributed by atoms with Crippen LogP contribution >= 0.6 is 0 Å². The van der Waals surface area contributed by atoms with Crippen molar-refractivity contribution in [3.05, 3.63) is 12.2 Å². The van der Waals surface area contributed by atoms with Crippen LogP contribution in [0.1, 0.15) is 40.0 Å². The molecular formula is C13H24N2O. The van der Waals surface area contributed by atoms with E-state index in [0.29, 0.717) is 0 Å². The highest BCUT2D eigenvalue weighted by Gasteiger charge is 2.13. The smallest absolute Gasteiger partial charge is 0.246 e. The lowest BCUT2D eigenvalue weighted by molar-refractivity contribution is -0.126. The maximum atomic E-state index is 11.7. The van der Waals surface area contributed by atoms with Crippen molar-refractivity contribution in [2.24, 2.45) is 0 Å². The molecule has 0 aromatic rings. The average Bonchev–Trinajstić information content (AvgIpc) is 2.24. The number of amides is 1. The molecule has 1 aliphatic rings. The fraction of sp³-hybridized carbons (Fsp3) is 0.769. The molecule has 0 spiro atoms. The van der Waals surface area contributed by atoms with Gasteiger partial charge in [0.2, 0.25) is 5.91 Å². The van der Waals surface area contributed by atoms with Gasteiger partial charge in [-0.05, 0) is 40.0 Å². The fourth-order valence-electron chi connectivity index (χ4n) is 1.74. The van der Waals surface area contributed by atoms with Gasteiger partial charge in [0, 0.05) is 31.2 Å². The third-order valence-corrected chi connectivity index (χ3v) is 2.68. The quantitative estimate of drug-likeness (QED) is 0.743. The molecule has 0 aromatic carbocycles. The van der Waals surface area contributed by atoms with Crippen LogP contribution in [0.25, 0.3) is 0 Å². The largest absolute Gasteiger partial charge is 0.339 e. The Bertz CT molecular complexity index is 247. The molecule has 16 heavy (non-hydrogen) atoms. The first-order chi connectivity index (χ1) is 7.49. The molecule has 0 atom stereocenters. The van der Waals surface area contributed by atoms with Crippen molar-refractivity contribution in [3.8, 4) is 0 Å². The van der Waals surface area contributed by atoms with Gasteiger partial charge in [-0.15, -0.1) is 0 Å². The van der Waals surface area contributed by atoms with E-state index in [9.17, 15) is 4.79 Å². The molecule has 0 aliphatic carbocycles. The first-order valence-electron chi connectivity index (χ1n) is 6.19. The molecule has 3 heteroatoms. The van der Waals surface area contributed by atoms with E-state index in [4.69, 9.17) is 0 Å². The average molecular weight is 224 g/mol. The number of carbonyl (C=O) groups is 1. The number of likely N-dealkylation sites (tertiary alicyclic amines) is 1. The van der Waals surface area contributed by atoms with Crippen molar-refractivity contribution in [2.75, 3.05) is 19.6 Å². The predicted molar refractivity (Wildman–Crippen MR) is 67.3 cm³/mol. The predicted octanol–water partition coefficient (Wildman–Crippen LogP) is 1.94. The lowest BCUT2D eigenvalue weighted by Gasteiger charge is -2.25. The summed E-state index contributed by atoms with van der Waals surface area (Å²) in [6, 6.07) is 0. The van der Waals surface area contributed by atoms with E-state index in [1.165, 1.54) is 6.42 Å². The molecule has 0 bridgehead atoms. The van der Waals surface area contributed by atoms with Crippen molar-refractivity contribution >= 4 is 5.91 Å². The summed E-state index contributed by atoms with van der Waals surface area (Å²) in [5.41, 5.74) is 0.110. The van der Waals surface area contributed by atoms with E-state index in [0.717, 1.165) is 32.5 Å². The third-order valence-electron chi connectivity index (χ3n) is 2.68. The zero-order valence-corrected chi connectivity index (χ0v) is 10.8. The monoisotopic (exact) mass is 224 g/mol. The highest BCUT2D eigenvalue weighted by Crippen LogP contribution is 2.08. The van der Waals surface area contributed by atoms with E-state index in [1.807, 2.05) is 11.0 Å². The second-order valence-corrected chi connectivity index (χ2v) is 5.42. The van der Waals surface area contributed by atoms with Crippen molar-refractivity contribution < 1.29 is 4.79 Å². The molecular weight excluding hydrogens is 200 g/mol.